The molecule has 0 aliphatic carbocycles. The number of carbonyl (C=O) groups is 1. The van der Waals surface area contributed by atoms with Crippen LogP contribution in [0.25, 0.3) is 0 Å². The molecular weight excluding hydrogens is 356 g/mol. The van der Waals surface area contributed by atoms with Crippen molar-refractivity contribution < 1.29 is 18.3 Å². The molecule has 0 heterocycles. The van der Waals surface area contributed by atoms with Crippen molar-refractivity contribution in [2.24, 2.45) is 0 Å². The van der Waals surface area contributed by atoms with E-state index in [1.165, 1.54) is 37.3 Å². The van der Waals surface area contributed by atoms with Gasteiger partial charge in [0.2, 0.25) is 0 Å². The summed E-state index contributed by atoms with van der Waals surface area (Å²) in [4.78, 5) is 13.6. The maximum atomic E-state index is 13.7. The Morgan fingerprint density at radius 1 is 1.18 bits per heavy atom. The second kappa shape index (κ2) is 6.87. The van der Waals surface area contributed by atoms with Gasteiger partial charge in [-0.15, -0.1) is 0 Å². The van der Waals surface area contributed by atoms with E-state index in [1.54, 1.807) is 12.1 Å². The van der Waals surface area contributed by atoms with Crippen LogP contribution < -0.4 is 4.74 Å². The van der Waals surface area contributed by atoms with Crippen molar-refractivity contribution in [3.63, 3.8) is 0 Å². The van der Waals surface area contributed by atoms with Gasteiger partial charge in [0.15, 0.2) is 11.6 Å². The minimum atomic E-state index is -0.615. The Labute approximate surface area is 135 Å². The van der Waals surface area contributed by atoms with Crippen LogP contribution >= 0.6 is 15.9 Å². The summed E-state index contributed by atoms with van der Waals surface area (Å²) < 4.78 is 32.9. The van der Waals surface area contributed by atoms with Crippen LogP contribution in [0.2, 0.25) is 0 Å². The molecule has 116 valence electrons. The van der Waals surface area contributed by atoms with Crippen molar-refractivity contribution in [3.05, 3.63) is 63.6 Å². The fourth-order valence-electron chi connectivity index (χ4n) is 2.01. The van der Waals surface area contributed by atoms with Gasteiger partial charge in [-0.05, 0) is 36.4 Å². The average molecular weight is 370 g/mol. The van der Waals surface area contributed by atoms with Gasteiger partial charge in [-0.3, -0.25) is 4.79 Å². The Kier molecular flexibility index (Phi) is 5.13. The molecule has 0 N–H and O–H groups in total. The lowest BCUT2D eigenvalue weighted by Gasteiger charge is -2.18. The van der Waals surface area contributed by atoms with Gasteiger partial charge in [0.1, 0.15) is 5.82 Å². The Morgan fingerprint density at radius 2 is 1.91 bits per heavy atom. The predicted molar refractivity (Wildman–Crippen MR) is 82.8 cm³/mol. The highest BCUT2D eigenvalue weighted by Crippen LogP contribution is 2.20. The van der Waals surface area contributed by atoms with E-state index in [4.69, 9.17) is 4.74 Å². The summed E-state index contributed by atoms with van der Waals surface area (Å²) in [5, 5.41) is 0. The molecule has 3 nitrogen and oxygen atoms in total. The standard InChI is InChI=1S/C16H14BrF2NO2/c1-20(9-11-7-12(17)4-5-13(11)18)16(21)10-3-6-15(22-2)14(19)8-10/h3-8H,9H2,1-2H3. The molecular formula is C16H14BrF2NO2. The van der Waals surface area contributed by atoms with Crippen molar-refractivity contribution in [3.8, 4) is 5.75 Å². The van der Waals surface area contributed by atoms with Crippen molar-refractivity contribution >= 4 is 21.8 Å². The third-order valence-electron chi connectivity index (χ3n) is 3.16. The van der Waals surface area contributed by atoms with Gasteiger partial charge < -0.3 is 9.64 Å². The molecule has 2 aromatic carbocycles. The van der Waals surface area contributed by atoms with Crippen LogP contribution in [0.15, 0.2) is 40.9 Å². The van der Waals surface area contributed by atoms with Crippen LogP contribution in [0.5, 0.6) is 5.75 Å². The number of rotatable bonds is 4. The maximum Gasteiger partial charge on any atom is 0.254 e. The molecule has 2 aromatic rings. The van der Waals surface area contributed by atoms with Gasteiger partial charge in [0, 0.05) is 29.2 Å². The summed E-state index contributed by atoms with van der Waals surface area (Å²) in [6.07, 6.45) is 0. The first kappa shape index (κ1) is 16.4. The lowest BCUT2D eigenvalue weighted by molar-refractivity contribution is 0.0783. The largest absolute Gasteiger partial charge is 0.494 e. The molecule has 22 heavy (non-hydrogen) atoms. The monoisotopic (exact) mass is 369 g/mol. The first-order valence-electron chi connectivity index (χ1n) is 6.45. The van der Waals surface area contributed by atoms with Crippen LogP contribution in [0.3, 0.4) is 0 Å². The van der Waals surface area contributed by atoms with Gasteiger partial charge in [-0.1, -0.05) is 15.9 Å². The molecule has 0 atom stereocenters. The van der Waals surface area contributed by atoms with Crippen LogP contribution in [0.4, 0.5) is 8.78 Å². The number of carbonyl (C=O) groups excluding carboxylic acids is 1. The van der Waals surface area contributed by atoms with Gasteiger partial charge in [0.05, 0.1) is 7.11 Å². The first-order valence-corrected chi connectivity index (χ1v) is 7.24. The lowest BCUT2D eigenvalue weighted by Crippen LogP contribution is -2.26. The fraction of sp³-hybridized carbons (Fsp3) is 0.188. The molecule has 6 heteroatoms. The van der Waals surface area contributed by atoms with E-state index in [0.29, 0.717) is 5.56 Å². The second-order valence-corrected chi connectivity index (χ2v) is 5.66. The topological polar surface area (TPSA) is 29.5 Å². The number of ether oxygens (including phenoxy) is 1. The molecule has 0 fully saturated rings. The zero-order valence-electron chi connectivity index (χ0n) is 12.1. The molecule has 0 saturated carbocycles. The van der Waals surface area contributed by atoms with Gasteiger partial charge in [-0.2, -0.15) is 0 Å². The molecule has 1 amide bonds. The molecule has 0 aromatic heterocycles. The highest BCUT2D eigenvalue weighted by Gasteiger charge is 2.16. The van der Waals surface area contributed by atoms with E-state index in [-0.39, 0.29) is 17.9 Å². The minimum absolute atomic E-state index is 0.0669. The van der Waals surface area contributed by atoms with Crippen LogP contribution in [-0.4, -0.2) is 25.0 Å². The fourth-order valence-corrected chi connectivity index (χ4v) is 2.42. The molecule has 0 radical (unpaired) electrons. The number of methoxy groups -OCH3 is 1. The average Bonchev–Trinajstić information content (AvgIpc) is 2.50. The van der Waals surface area contributed by atoms with Crippen LogP contribution in [0.1, 0.15) is 15.9 Å². The summed E-state index contributed by atoms with van der Waals surface area (Å²) in [5.41, 5.74) is 0.551. The third-order valence-corrected chi connectivity index (χ3v) is 3.65. The highest BCUT2D eigenvalue weighted by molar-refractivity contribution is 9.10. The van der Waals surface area contributed by atoms with Crippen molar-refractivity contribution in [1.82, 2.24) is 4.90 Å². The Hall–Kier alpha value is -1.95. The molecule has 0 bridgehead atoms. The number of halogens is 3. The van der Waals surface area contributed by atoms with Gasteiger partial charge >= 0.3 is 0 Å². The van der Waals surface area contributed by atoms with E-state index in [1.807, 2.05) is 0 Å². The van der Waals surface area contributed by atoms with Crippen LogP contribution in [0, 0.1) is 11.6 Å². The summed E-state index contributed by atoms with van der Waals surface area (Å²) in [6, 6.07) is 8.47. The van der Waals surface area contributed by atoms with Crippen molar-refractivity contribution in [1.29, 1.82) is 0 Å². The third kappa shape index (κ3) is 3.62. The van der Waals surface area contributed by atoms with E-state index in [0.717, 1.165) is 10.5 Å². The maximum absolute atomic E-state index is 13.7. The minimum Gasteiger partial charge on any atom is -0.494 e. The Balaban J connectivity index is 2.18. The molecule has 2 rings (SSSR count). The number of benzene rings is 2. The van der Waals surface area contributed by atoms with Crippen molar-refractivity contribution in [2.45, 2.75) is 6.54 Å². The molecule has 0 aliphatic heterocycles. The SMILES string of the molecule is COc1ccc(C(=O)N(C)Cc2cc(Br)ccc2F)cc1F. The zero-order chi connectivity index (χ0) is 16.3. The van der Waals surface area contributed by atoms with E-state index >= 15 is 0 Å². The lowest BCUT2D eigenvalue weighted by atomic mass is 10.1. The number of nitrogens with zero attached hydrogens (tertiary/aromatic N) is 1. The summed E-state index contributed by atoms with van der Waals surface area (Å²) in [6.45, 7) is 0.0811. The van der Waals surface area contributed by atoms with Gasteiger partial charge in [-0.25, -0.2) is 8.78 Å². The molecule has 0 saturated heterocycles. The summed E-state index contributed by atoms with van der Waals surface area (Å²) in [7, 11) is 2.88. The number of hydrogen-bond acceptors (Lipinski definition) is 2. The highest BCUT2D eigenvalue weighted by atomic mass is 79.9. The smallest absolute Gasteiger partial charge is 0.254 e. The summed E-state index contributed by atoms with van der Waals surface area (Å²) >= 11 is 3.26. The summed E-state index contributed by atoms with van der Waals surface area (Å²) in [5.74, 6) is -1.35. The zero-order valence-corrected chi connectivity index (χ0v) is 13.7. The van der Waals surface area contributed by atoms with E-state index in [9.17, 15) is 13.6 Å². The molecule has 0 spiro atoms. The normalized spacial score (nSPS) is 10.4. The Morgan fingerprint density at radius 3 is 2.55 bits per heavy atom. The van der Waals surface area contributed by atoms with Gasteiger partial charge in [0.25, 0.3) is 5.91 Å². The molecule has 0 aliphatic rings. The quantitative estimate of drug-likeness (QED) is 0.814. The predicted octanol–water partition coefficient (Wildman–Crippen LogP) is 4.01. The second-order valence-electron chi connectivity index (χ2n) is 4.75. The first-order chi connectivity index (χ1) is 10.4. The number of amides is 1. The van der Waals surface area contributed by atoms with Crippen molar-refractivity contribution in [2.75, 3.05) is 14.2 Å². The van der Waals surface area contributed by atoms with Crippen LogP contribution in [-0.2, 0) is 6.54 Å². The van der Waals surface area contributed by atoms with E-state index < -0.39 is 17.5 Å². The number of hydrogen-bond donors (Lipinski definition) is 0. The van der Waals surface area contributed by atoms with E-state index in [2.05, 4.69) is 15.9 Å². The Bertz CT molecular complexity index is 707. The molecule has 0 unspecified atom stereocenters.